The number of carbonyl (C=O) groups is 1. The summed E-state index contributed by atoms with van der Waals surface area (Å²) in [5.41, 5.74) is 0. The standard InChI is InChI=1S/C13H24N2O.ClH/c1-10-4-5-11(7-10)8-13(16)15-12-3-2-6-14-9-12;/h10-12,14H,2-9H2,1H3,(H,15,16);1H. The van der Waals surface area contributed by atoms with Gasteiger partial charge in [-0.1, -0.05) is 13.3 Å². The smallest absolute Gasteiger partial charge is 0.220 e. The highest BCUT2D eigenvalue weighted by atomic mass is 35.5. The predicted octanol–water partition coefficient (Wildman–Crippen LogP) is 2.10. The van der Waals surface area contributed by atoms with Gasteiger partial charge in [0.05, 0.1) is 0 Å². The van der Waals surface area contributed by atoms with E-state index in [1.54, 1.807) is 0 Å². The molecule has 1 saturated heterocycles. The first-order valence-electron chi connectivity index (χ1n) is 6.74. The topological polar surface area (TPSA) is 41.1 Å². The number of piperidine rings is 1. The molecule has 2 fully saturated rings. The van der Waals surface area contributed by atoms with Crippen LogP contribution in [0.25, 0.3) is 0 Å². The lowest BCUT2D eigenvalue weighted by Crippen LogP contribution is -2.45. The minimum absolute atomic E-state index is 0. The zero-order valence-corrected chi connectivity index (χ0v) is 11.5. The lowest BCUT2D eigenvalue weighted by Gasteiger charge is -2.24. The minimum atomic E-state index is 0. The third-order valence-corrected chi connectivity index (χ3v) is 3.94. The number of halogens is 1. The van der Waals surface area contributed by atoms with E-state index in [0.717, 1.165) is 31.8 Å². The van der Waals surface area contributed by atoms with Gasteiger partial charge in [0.1, 0.15) is 0 Å². The fourth-order valence-corrected chi connectivity index (χ4v) is 3.03. The highest BCUT2D eigenvalue weighted by molar-refractivity contribution is 5.85. The van der Waals surface area contributed by atoms with Crippen molar-refractivity contribution < 1.29 is 4.79 Å². The Morgan fingerprint density at radius 2 is 2.18 bits per heavy atom. The van der Waals surface area contributed by atoms with Crippen LogP contribution in [-0.2, 0) is 4.79 Å². The molecule has 0 bridgehead atoms. The second-order valence-electron chi connectivity index (χ2n) is 5.60. The van der Waals surface area contributed by atoms with Gasteiger partial charge in [-0.3, -0.25) is 4.79 Å². The molecule has 1 saturated carbocycles. The summed E-state index contributed by atoms with van der Waals surface area (Å²) in [6.07, 6.45) is 6.88. The number of hydrogen-bond acceptors (Lipinski definition) is 2. The molecule has 0 aromatic carbocycles. The molecule has 1 amide bonds. The minimum Gasteiger partial charge on any atom is -0.352 e. The Balaban J connectivity index is 0.00000144. The van der Waals surface area contributed by atoms with Crippen LogP contribution in [0, 0.1) is 11.8 Å². The normalized spacial score (nSPS) is 32.9. The molecule has 17 heavy (non-hydrogen) atoms. The zero-order chi connectivity index (χ0) is 11.4. The molecular formula is C13H25ClN2O. The highest BCUT2D eigenvalue weighted by Crippen LogP contribution is 2.32. The van der Waals surface area contributed by atoms with E-state index in [4.69, 9.17) is 0 Å². The van der Waals surface area contributed by atoms with Crippen molar-refractivity contribution in [3.63, 3.8) is 0 Å². The second kappa shape index (κ2) is 7.22. The number of amides is 1. The SMILES string of the molecule is CC1CCC(CC(=O)NC2CCCNC2)C1.Cl. The van der Waals surface area contributed by atoms with Crippen LogP contribution in [0.1, 0.15) is 45.4 Å². The van der Waals surface area contributed by atoms with E-state index in [0.29, 0.717) is 12.0 Å². The van der Waals surface area contributed by atoms with Crippen molar-refractivity contribution in [1.29, 1.82) is 0 Å². The maximum Gasteiger partial charge on any atom is 0.220 e. The number of nitrogens with one attached hydrogen (secondary N) is 2. The van der Waals surface area contributed by atoms with Crippen molar-refractivity contribution in [2.45, 2.75) is 51.5 Å². The van der Waals surface area contributed by atoms with Gasteiger partial charge >= 0.3 is 0 Å². The molecule has 1 heterocycles. The largest absolute Gasteiger partial charge is 0.352 e. The molecule has 0 aromatic heterocycles. The van der Waals surface area contributed by atoms with E-state index in [1.165, 1.54) is 25.7 Å². The van der Waals surface area contributed by atoms with Crippen molar-refractivity contribution in [3.8, 4) is 0 Å². The van der Waals surface area contributed by atoms with Gasteiger partial charge in [0.25, 0.3) is 0 Å². The van der Waals surface area contributed by atoms with Crippen LogP contribution in [0.3, 0.4) is 0 Å². The van der Waals surface area contributed by atoms with E-state index in [2.05, 4.69) is 17.6 Å². The molecule has 0 aromatic rings. The van der Waals surface area contributed by atoms with E-state index < -0.39 is 0 Å². The molecule has 3 unspecified atom stereocenters. The number of hydrogen-bond donors (Lipinski definition) is 2. The quantitative estimate of drug-likeness (QED) is 0.816. The molecule has 3 atom stereocenters. The molecule has 2 N–H and O–H groups in total. The molecule has 1 aliphatic carbocycles. The van der Waals surface area contributed by atoms with Gasteiger partial charge < -0.3 is 10.6 Å². The first kappa shape index (κ1) is 14.8. The average molecular weight is 261 g/mol. The molecule has 2 aliphatic rings. The number of rotatable bonds is 3. The van der Waals surface area contributed by atoms with E-state index in [-0.39, 0.29) is 18.3 Å². The van der Waals surface area contributed by atoms with Crippen molar-refractivity contribution in [2.75, 3.05) is 13.1 Å². The van der Waals surface area contributed by atoms with Crippen LogP contribution in [0.5, 0.6) is 0 Å². The summed E-state index contributed by atoms with van der Waals surface area (Å²) in [6, 6.07) is 0.375. The van der Waals surface area contributed by atoms with Crippen molar-refractivity contribution in [3.05, 3.63) is 0 Å². The first-order valence-corrected chi connectivity index (χ1v) is 6.74. The van der Waals surface area contributed by atoms with Crippen molar-refractivity contribution in [1.82, 2.24) is 10.6 Å². The highest BCUT2D eigenvalue weighted by Gasteiger charge is 2.24. The fraction of sp³-hybridized carbons (Fsp3) is 0.923. The van der Waals surface area contributed by atoms with E-state index in [1.807, 2.05) is 0 Å². The van der Waals surface area contributed by atoms with Crippen LogP contribution in [0.4, 0.5) is 0 Å². The average Bonchev–Trinajstić information content (AvgIpc) is 2.65. The van der Waals surface area contributed by atoms with Gasteiger partial charge in [0, 0.05) is 19.0 Å². The Labute approximate surface area is 111 Å². The Kier molecular flexibility index (Phi) is 6.28. The van der Waals surface area contributed by atoms with E-state index in [9.17, 15) is 4.79 Å². The monoisotopic (exact) mass is 260 g/mol. The van der Waals surface area contributed by atoms with Crippen LogP contribution >= 0.6 is 12.4 Å². The fourth-order valence-electron chi connectivity index (χ4n) is 3.03. The summed E-state index contributed by atoms with van der Waals surface area (Å²) in [6.45, 7) is 4.35. The maximum atomic E-state index is 11.8. The summed E-state index contributed by atoms with van der Waals surface area (Å²) < 4.78 is 0. The van der Waals surface area contributed by atoms with Gasteiger partial charge in [-0.05, 0) is 44.1 Å². The summed E-state index contributed by atoms with van der Waals surface area (Å²) in [5.74, 6) is 1.74. The van der Waals surface area contributed by atoms with Gasteiger partial charge in [0.2, 0.25) is 5.91 Å². The summed E-state index contributed by atoms with van der Waals surface area (Å²) in [7, 11) is 0. The summed E-state index contributed by atoms with van der Waals surface area (Å²) in [4.78, 5) is 11.8. The molecule has 0 radical (unpaired) electrons. The molecule has 3 nitrogen and oxygen atoms in total. The van der Waals surface area contributed by atoms with Crippen LogP contribution in [0.15, 0.2) is 0 Å². The van der Waals surface area contributed by atoms with Crippen LogP contribution < -0.4 is 10.6 Å². The molecule has 2 rings (SSSR count). The van der Waals surface area contributed by atoms with Gasteiger partial charge in [-0.2, -0.15) is 0 Å². The third-order valence-electron chi connectivity index (χ3n) is 3.94. The molecule has 1 aliphatic heterocycles. The van der Waals surface area contributed by atoms with Crippen LogP contribution in [-0.4, -0.2) is 25.0 Å². The first-order chi connectivity index (χ1) is 7.74. The van der Waals surface area contributed by atoms with Crippen LogP contribution in [0.2, 0.25) is 0 Å². The Bertz CT molecular complexity index is 233. The third kappa shape index (κ3) is 4.84. The maximum absolute atomic E-state index is 11.8. The van der Waals surface area contributed by atoms with Gasteiger partial charge in [0.15, 0.2) is 0 Å². The molecule has 100 valence electrons. The zero-order valence-electron chi connectivity index (χ0n) is 10.7. The van der Waals surface area contributed by atoms with Gasteiger partial charge in [-0.25, -0.2) is 0 Å². The molecule has 0 spiro atoms. The number of carbonyl (C=O) groups excluding carboxylic acids is 1. The molecular weight excluding hydrogens is 236 g/mol. The van der Waals surface area contributed by atoms with Crippen molar-refractivity contribution in [2.24, 2.45) is 11.8 Å². The molecule has 4 heteroatoms. The lowest BCUT2D eigenvalue weighted by molar-refractivity contribution is -0.122. The predicted molar refractivity (Wildman–Crippen MR) is 72.4 cm³/mol. The second-order valence-corrected chi connectivity index (χ2v) is 5.60. The summed E-state index contributed by atoms with van der Waals surface area (Å²) in [5, 5.41) is 6.49. The van der Waals surface area contributed by atoms with Crippen molar-refractivity contribution >= 4 is 18.3 Å². The summed E-state index contributed by atoms with van der Waals surface area (Å²) >= 11 is 0. The Morgan fingerprint density at radius 3 is 2.76 bits per heavy atom. The Morgan fingerprint density at radius 1 is 1.35 bits per heavy atom. The lowest BCUT2D eigenvalue weighted by atomic mass is 10.0. The Hall–Kier alpha value is -0.280. The van der Waals surface area contributed by atoms with Gasteiger partial charge in [-0.15, -0.1) is 12.4 Å². The van der Waals surface area contributed by atoms with E-state index >= 15 is 0 Å².